The van der Waals surface area contributed by atoms with Crippen LogP contribution in [0, 0.1) is 5.92 Å². The van der Waals surface area contributed by atoms with Gasteiger partial charge in [-0.1, -0.05) is 13.8 Å². The van der Waals surface area contributed by atoms with E-state index in [-0.39, 0.29) is 17.5 Å². The van der Waals surface area contributed by atoms with Gasteiger partial charge in [0, 0.05) is 30.1 Å². The second kappa shape index (κ2) is 8.92. The molecule has 0 saturated carbocycles. The van der Waals surface area contributed by atoms with Crippen molar-refractivity contribution in [3.63, 3.8) is 0 Å². The molecule has 0 amide bonds. The van der Waals surface area contributed by atoms with Crippen LogP contribution in [0.5, 0.6) is 0 Å². The number of aliphatic hydroxyl groups excluding tert-OH is 1. The summed E-state index contributed by atoms with van der Waals surface area (Å²) in [6.07, 6.45) is -0.871. The van der Waals surface area contributed by atoms with Crippen molar-refractivity contribution in [2.75, 3.05) is 24.6 Å². The Labute approximate surface area is 167 Å². The van der Waals surface area contributed by atoms with E-state index >= 15 is 0 Å². The summed E-state index contributed by atoms with van der Waals surface area (Å²) in [6, 6.07) is 1.97. The molecular weight excluding hydrogens is 389 g/mol. The summed E-state index contributed by atoms with van der Waals surface area (Å²) in [5, 5.41) is 13.8. The molecule has 2 atom stereocenters. The Kier molecular flexibility index (Phi) is 6.77. The third-order valence-electron chi connectivity index (χ3n) is 5.21. The second-order valence-electron chi connectivity index (χ2n) is 7.74. The molecule has 1 aliphatic rings. The zero-order chi connectivity index (χ0) is 20.3. The highest BCUT2D eigenvalue weighted by molar-refractivity contribution is 7.18. The zero-order valence-electron chi connectivity index (χ0n) is 16.2. The van der Waals surface area contributed by atoms with Gasteiger partial charge in [0.2, 0.25) is 0 Å². The maximum atomic E-state index is 12.7. The standard InChI is InChI=1S/C19H27F3N4OS/c1-12(2)16(10-27)25-13-4-3-6-26(7-5-13)17-15-8-14(9-19(20,21)22)28-18(15)24-11-23-17/h8,11-13,16,25,27H,3-7,9-10H2,1-2H3/t13-,16-/m1/s1. The van der Waals surface area contributed by atoms with Crippen LogP contribution in [-0.4, -0.2) is 53.0 Å². The molecule has 9 heteroatoms. The first-order valence-corrected chi connectivity index (χ1v) is 10.5. The van der Waals surface area contributed by atoms with Gasteiger partial charge in [-0.15, -0.1) is 11.3 Å². The Hall–Kier alpha value is -1.45. The van der Waals surface area contributed by atoms with Crippen molar-refractivity contribution in [2.45, 2.75) is 57.8 Å². The van der Waals surface area contributed by atoms with Crippen LogP contribution in [-0.2, 0) is 6.42 Å². The van der Waals surface area contributed by atoms with E-state index in [1.54, 1.807) is 6.07 Å². The van der Waals surface area contributed by atoms with Gasteiger partial charge >= 0.3 is 6.18 Å². The fourth-order valence-corrected chi connectivity index (χ4v) is 4.68. The molecule has 0 aliphatic carbocycles. The summed E-state index contributed by atoms with van der Waals surface area (Å²) < 4.78 is 38.2. The molecule has 0 unspecified atom stereocenters. The van der Waals surface area contributed by atoms with Crippen molar-refractivity contribution in [3.05, 3.63) is 17.3 Å². The van der Waals surface area contributed by atoms with Gasteiger partial charge in [0.25, 0.3) is 0 Å². The van der Waals surface area contributed by atoms with Gasteiger partial charge in [0.15, 0.2) is 0 Å². The minimum Gasteiger partial charge on any atom is -0.395 e. The van der Waals surface area contributed by atoms with Gasteiger partial charge in [-0.3, -0.25) is 0 Å². The van der Waals surface area contributed by atoms with Crippen molar-refractivity contribution < 1.29 is 18.3 Å². The average Bonchev–Trinajstić information content (AvgIpc) is 2.86. The van der Waals surface area contributed by atoms with Crippen LogP contribution in [0.25, 0.3) is 10.2 Å². The fourth-order valence-electron chi connectivity index (χ4n) is 3.66. The Morgan fingerprint density at radius 1 is 1.29 bits per heavy atom. The summed E-state index contributed by atoms with van der Waals surface area (Å²) in [5.41, 5.74) is 0. The largest absolute Gasteiger partial charge is 0.395 e. The first-order chi connectivity index (χ1) is 13.3. The molecular formula is C19H27F3N4OS. The third-order valence-corrected chi connectivity index (χ3v) is 6.26. The number of anilines is 1. The van der Waals surface area contributed by atoms with Crippen LogP contribution >= 0.6 is 11.3 Å². The molecule has 1 fully saturated rings. The molecule has 1 aliphatic heterocycles. The molecule has 0 bridgehead atoms. The summed E-state index contributed by atoms with van der Waals surface area (Å²) in [7, 11) is 0. The molecule has 0 radical (unpaired) electrons. The number of nitrogens with zero attached hydrogens (tertiary/aromatic N) is 3. The molecule has 0 spiro atoms. The van der Waals surface area contributed by atoms with E-state index in [2.05, 4.69) is 34.0 Å². The summed E-state index contributed by atoms with van der Waals surface area (Å²) in [5.74, 6) is 1.07. The Balaban J connectivity index is 1.74. The molecule has 0 aromatic carbocycles. The zero-order valence-corrected chi connectivity index (χ0v) is 17.0. The average molecular weight is 417 g/mol. The number of fused-ring (bicyclic) bond motifs is 1. The lowest BCUT2D eigenvalue weighted by Crippen LogP contribution is -2.44. The monoisotopic (exact) mass is 416 g/mol. The van der Waals surface area contributed by atoms with E-state index < -0.39 is 12.6 Å². The van der Waals surface area contributed by atoms with Crippen LogP contribution in [0.2, 0.25) is 0 Å². The maximum absolute atomic E-state index is 12.7. The van der Waals surface area contributed by atoms with Crippen LogP contribution in [0.3, 0.4) is 0 Å². The van der Waals surface area contributed by atoms with Crippen molar-refractivity contribution in [1.82, 2.24) is 15.3 Å². The number of aliphatic hydroxyl groups is 1. The van der Waals surface area contributed by atoms with Gasteiger partial charge in [0.1, 0.15) is 17.0 Å². The SMILES string of the molecule is CC(C)[C@@H](CO)N[C@@H]1CCCN(c2ncnc3sc(CC(F)(F)F)cc23)CC1. The Morgan fingerprint density at radius 2 is 2.07 bits per heavy atom. The highest BCUT2D eigenvalue weighted by Crippen LogP contribution is 2.34. The van der Waals surface area contributed by atoms with Gasteiger partial charge in [-0.25, -0.2) is 9.97 Å². The van der Waals surface area contributed by atoms with Crippen molar-refractivity contribution >= 4 is 27.4 Å². The molecule has 5 nitrogen and oxygen atoms in total. The molecule has 2 aromatic rings. The van der Waals surface area contributed by atoms with Crippen LogP contribution in [0.1, 0.15) is 38.0 Å². The second-order valence-corrected chi connectivity index (χ2v) is 8.85. The van der Waals surface area contributed by atoms with E-state index in [0.29, 0.717) is 22.2 Å². The van der Waals surface area contributed by atoms with Crippen molar-refractivity contribution in [1.29, 1.82) is 0 Å². The van der Waals surface area contributed by atoms with Gasteiger partial charge < -0.3 is 15.3 Å². The highest BCUT2D eigenvalue weighted by Gasteiger charge is 2.29. The van der Waals surface area contributed by atoms with Gasteiger partial charge in [-0.05, 0) is 31.2 Å². The number of halogens is 3. The molecule has 3 heterocycles. The fraction of sp³-hybridized carbons (Fsp3) is 0.684. The minimum atomic E-state index is -4.23. The number of alkyl halides is 3. The van der Waals surface area contributed by atoms with E-state index in [9.17, 15) is 18.3 Å². The first-order valence-electron chi connectivity index (χ1n) is 9.69. The normalized spacial score (nSPS) is 20.0. The Morgan fingerprint density at radius 3 is 2.75 bits per heavy atom. The molecule has 2 aromatic heterocycles. The van der Waals surface area contributed by atoms with Crippen LogP contribution in [0.4, 0.5) is 19.0 Å². The number of thiophene rings is 1. The third kappa shape index (κ3) is 5.33. The lowest BCUT2D eigenvalue weighted by atomic mass is 10.0. The van der Waals surface area contributed by atoms with E-state index in [0.717, 1.165) is 49.5 Å². The topological polar surface area (TPSA) is 61.3 Å². The predicted molar refractivity (Wildman–Crippen MR) is 106 cm³/mol. The maximum Gasteiger partial charge on any atom is 0.393 e. The van der Waals surface area contributed by atoms with Gasteiger partial charge in [-0.2, -0.15) is 13.2 Å². The van der Waals surface area contributed by atoms with E-state index in [4.69, 9.17) is 0 Å². The smallest absolute Gasteiger partial charge is 0.393 e. The highest BCUT2D eigenvalue weighted by atomic mass is 32.1. The molecule has 156 valence electrons. The molecule has 28 heavy (non-hydrogen) atoms. The molecule has 3 rings (SSSR count). The number of nitrogens with one attached hydrogen (secondary N) is 1. The lowest BCUT2D eigenvalue weighted by Gasteiger charge is -2.26. The first kappa shape index (κ1) is 21.3. The summed E-state index contributed by atoms with van der Waals surface area (Å²) in [4.78, 5) is 11.6. The molecule has 2 N–H and O–H groups in total. The van der Waals surface area contributed by atoms with Crippen molar-refractivity contribution in [3.8, 4) is 0 Å². The minimum absolute atomic E-state index is 0.0732. The summed E-state index contributed by atoms with van der Waals surface area (Å²) in [6.45, 7) is 5.86. The summed E-state index contributed by atoms with van der Waals surface area (Å²) >= 11 is 1.08. The quantitative estimate of drug-likeness (QED) is 0.751. The Bertz CT molecular complexity index is 780. The number of hydrogen-bond acceptors (Lipinski definition) is 6. The predicted octanol–water partition coefficient (Wildman–Crippen LogP) is 3.76. The van der Waals surface area contributed by atoms with E-state index in [1.807, 2.05) is 0 Å². The number of hydrogen-bond donors (Lipinski definition) is 2. The van der Waals surface area contributed by atoms with E-state index in [1.165, 1.54) is 6.33 Å². The molecule has 1 saturated heterocycles. The van der Waals surface area contributed by atoms with Crippen LogP contribution in [0.15, 0.2) is 12.4 Å². The number of rotatable bonds is 6. The number of aromatic nitrogens is 2. The van der Waals surface area contributed by atoms with Gasteiger partial charge in [0.05, 0.1) is 18.4 Å². The lowest BCUT2D eigenvalue weighted by molar-refractivity contribution is -0.126. The van der Waals surface area contributed by atoms with Crippen LogP contribution < -0.4 is 10.2 Å². The van der Waals surface area contributed by atoms with Crippen molar-refractivity contribution in [2.24, 2.45) is 5.92 Å².